The fourth-order valence-corrected chi connectivity index (χ4v) is 2.99. The summed E-state index contributed by atoms with van der Waals surface area (Å²) in [6, 6.07) is 12.0. The molecule has 1 aromatic heterocycles. The Morgan fingerprint density at radius 1 is 1.07 bits per heavy atom. The van der Waals surface area contributed by atoms with Gasteiger partial charge in [0.1, 0.15) is 11.4 Å². The van der Waals surface area contributed by atoms with Crippen molar-refractivity contribution in [2.75, 3.05) is 26.2 Å². The first-order valence-corrected chi connectivity index (χ1v) is 10.1. The highest BCUT2D eigenvalue weighted by Crippen LogP contribution is 2.19. The van der Waals surface area contributed by atoms with Gasteiger partial charge < -0.3 is 20.2 Å². The van der Waals surface area contributed by atoms with E-state index in [9.17, 15) is 5.11 Å². The molecule has 0 aliphatic heterocycles. The predicted octanol–water partition coefficient (Wildman–Crippen LogP) is 3.70. The van der Waals surface area contributed by atoms with E-state index in [0.717, 1.165) is 26.2 Å². The van der Waals surface area contributed by atoms with Crippen molar-refractivity contribution in [1.82, 2.24) is 15.5 Å². The molecule has 1 atom stereocenters. The lowest BCUT2D eigenvalue weighted by molar-refractivity contribution is 0.0386. The molecule has 0 saturated carbocycles. The Morgan fingerprint density at radius 3 is 2.34 bits per heavy atom. The number of hydrogen-bond donors (Lipinski definition) is 3. The van der Waals surface area contributed by atoms with E-state index < -0.39 is 5.60 Å². The van der Waals surface area contributed by atoms with Crippen molar-refractivity contribution in [2.24, 2.45) is 4.99 Å². The molecule has 0 amide bonds. The van der Waals surface area contributed by atoms with E-state index >= 15 is 0 Å². The number of aliphatic imine (C=N–C) groups is 1. The van der Waals surface area contributed by atoms with Gasteiger partial charge in [0.2, 0.25) is 0 Å². The zero-order valence-electron chi connectivity index (χ0n) is 17.9. The lowest BCUT2D eigenvalue weighted by Crippen LogP contribution is -2.44. The molecule has 2 aromatic rings. The second kappa shape index (κ2) is 12.9. The first-order valence-electron chi connectivity index (χ1n) is 10.1. The molecule has 1 aromatic carbocycles. The molecule has 1 heterocycles. The normalized spacial score (nSPS) is 13.7. The summed E-state index contributed by atoms with van der Waals surface area (Å²) in [7, 11) is 0. The quantitative estimate of drug-likeness (QED) is 0.256. The highest BCUT2D eigenvalue weighted by atomic mass is 127. The summed E-state index contributed by atoms with van der Waals surface area (Å²) >= 11 is 0. The van der Waals surface area contributed by atoms with E-state index in [4.69, 9.17) is 9.41 Å². The van der Waals surface area contributed by atoms with Crippen LogP contribution in [0, 0.1) is 0 Å². The zero-order chi connectivity index (χ0) is 20.4. The number of halogens is 1. The van der Waals surface area contributed by atoms with E-state index in [2.05, 4.69) is 53.6 Å². The Labute approximate surface area is 191 Å². The van der Waals surface area contributed by atoms with E-state index in [1.165, 1.54) is 11.1 Å². The minimum absolute atomic E-state index is 0. The number of nitrogens with zero attached hydrogens (tertiary/aromatic N) is 2. The van der Waals surface area contributed by atoms with Gasteiger partial charge in [0.05, 0.1) is 19.4 Å². The third-order valence-electron chi connectivity index (χ3n) is 4.81. The maximum Gasteiger partial charge on any atom is 0.191 e. The van der Waals surface area contributed by atoms with Gasteiger partial charge in [-0.3, -0.25) is 4.90 Å². The summed E-state index contributed by atoms with van der Waals surface area (Å²) in [5.41, 5.74) is 1.40. The molecule has 0 spiro atoms. The fraction of sp³-hybridized carbons (Fsp3) is 0.500. The van der Waals surface area contributed by atoms with Crippen LogP contribution in [0.25, 0.3) is 0 Å². The maximum absolute atomic E-state index is 10.6. The highest BCUT2D eigenvalue weighted by molar-refractivity contribution is 14.0. The summed E-state index contributed by atoms with van der Waals surface area (Å²) in [6.45, 7) is 12.7. The molecule has 29 heavy (non-hydrogen) atoms. The number of nitrogens with one attached hydrogen (secondary N) is 2. The van der Waals surface area contributed by atoms with Gasteiger partial charge in [-0.15, -0.1) is 24.0 Å². The molecule has 0 fully saturated rings. The van der Waals surface area contributed by atoms with Crippen LogP contribution in [0.5, 0.6) is 0 Å². The van der Waals surface area contributed by atoms with E-state index in [0.29, 0.717) is 24.8 Å². The Hall–Kier alpha value is -1.58. The van der Waals surface area contributed by atoms with Crippen molar-refractivity contribution in [3.63, 3.8) is 0 Å². The molecule has 7 heteroatoms. The summed E-state index contributed by atoms with van der Waals surface area (Å²) < 4.78 is 5.34. The molecular formula is C22H35IN4O2. The molecule has 0 saturated heterocycles. The zero-order valence-corrected chi connectivity index (χ0v) is 20.3. The van der Waals surface area contributed by atoms with Gasteiger partial charge in [-0.2, -0.15) is 0 Å². The van der Waals surface area contributed by atoms with Crippen molar-refractivity contribution in [3.8, 4) is 0 Å². The Kier molecular flexibility index (Phi) is 11.3. The lowest BCUT2D eigenvalue weighted by atomic mass is 10.0. The average molecular weight is 514 g/mol. The van der Waals surface area contributed by atoms with Crippen LogP contribution in [0.1, 0.15) is 44.6 Å². The standard InChI is InChI=1S/C22H34N4O2.HI/c1-5-23-21(25-17-22(4,27)20-13-10-14-28-20)24-15-18-11-8-9-12-19(18)16-26(6-2)7-3;/h8-14,27H,5-7,15-17H2,1-4H3,(H2,23,24,25);1H. The third-order valence-corrected chi connectivity index (χ3v) is 4.81. The van der Waals surface area contributed by atoms with Gasteiger partial charge in [-0.25, -0.2) is 4.99 Å². The van der Waals surface area contributed by atoms with Crippen LogP contribution >= 0.6 is 24.0 Å². The minimum atomic E-state index is -1.11. The fourth-order valence-electron chi connectivity index (χ4n) is 2.99. The van der Waals surface area contributed by atoms with E-state index in [1.807, 2.05) is 6.92 Å². The Bertz CT molecular complexity index is 728. The molecule has 0 aliphatic carbocycles. The number of hydrogen-bond acceptors (Lipinski definition) is 4. The summed E-state index contributed by atoms with van der Waals surface area (Å²) in [5, 5.41) is 17.1. The minimum Gasteiger partial charge on any atom is -0.466 e. The molecule has 6 nitrogen and oxygen atoms in total. The number of furan rings is 1. The molecule has 0 radical (unpaired) electrons. The second-order valence-corrected chi connectivity index (χ2v) is 7.03. The number of benzene rings is 1. The van der Waals surface area contributed by atoms with Crippen LogP contribution in [0.3, 0.4) is 0 Å². The number of rotatable bonds is 10. The van der Waals surface area contributed by atoms with Gasteiger partial charge in [0.15, 0.2) is 5.96 Å². The molecule has 3 N–H and O–H groups in total. The maximum atomic E-state index is 10.6. The number of aliphatic hydroxyl groups is 1. The molecular weight excluding hydrogens is 479 g/mol. The van der Waals surface area contributed by atoms with Crippen LogP contribution in [0.2, 0.25) is 0 Å². The van der Waals surface area contributed by atoms with Crippen LogP contribution in [0.15, 0.2) is 52.1 Å². The second-order valence-electron chi connectivity index (χ2n) is 7.03. The largest absolute Gasteiger partial charge is 0.466 e. The van der Waals surface area contributed by atoms with Crippen molar-refractivity contribution in [3.05, 3.63) is 59.5 Å². The predicted molar refractivity (Wildman–Crippen MR) is 130 cm³/mol. The Balaban J connectivity index is 0.00000420. The molecule has 162 valence electrons. The summed E-state index contributed by atoms with van der Waals surface area (Å²) in [6.07, 6.45) is 1.57. The monoisotopic (exact) mass is 514 g/mol. The van der Waals surface area contributed by atoms with Gasteiger partial charge in [0.25, 0.3) is 0 Å². The highest BCUT2D eigenvalue weighted by Gasteiger charge is 2.26. The first kappa shape index (κ1) is 25.5. The van der Waals surface area contributed by atoms with Crippen LogP contribution in [-0.2, 0) is 18.7 Å². The van der Waals surface area contributed by atoms with E-state index in [-0.39, 0.29) is 24.0 Å². The van der Waals surface area contributed by atoms with E-state index in [1.54, 1.807) is 25.3 Å². The first-order chi connectivity index (χ1) is 13.5. The SMILES string of the molecule is CCNC(=NCc1ccccc1CN(CC)CC)NCC(C)(O)c1ccco1.I. The van der Waals surface area contributed by atoms with Crippen LogP contribution in [-0.4, -0.2) is 42.1 Å². The van der Waals surface area contributed by atoms with Crippen molar-refractivity contribution < 1.29 is 9.52 Å². The topological polar surface area (TPSA) is 73.0 Å². The summed E-state index contributed by atoms with van der Waals surface area (Å²) in [4.78, 5) is 7.12. The van der Waals surface area contributed by atoms with Crippen molar-refractivity contribution in [1.29, 1.82) is 0 Å². The van der Waals surface area contributed by atoms with Gasteiger partial charge >= 0.3 is 0 Å². The molecule has 0 bridgehead atoms. The van der Waals surface area contributed by atoms with Gasteiger partial charge in [0, 0.05) is 13.1 Å². The smallest absolute Gasteiger partial charge is 0.191 e. The molecule has 0 aliphatic rings. The Morgan fingerprint density at radius 2 is 1.76 bits per heavy atom. The summed E-state index contributed by atoms with van der Waals surface area (Å²) in [5.74, 6) is 1.20. The third kappa shape index (κ3) is 7.98. The van der Waals surface area contributed by atoms with Crippen LogP contribution in [0.4, 0.5) is 0 Å². The van der Waals surface area contributed by atoms with Gasteiger partial charge in [-0.1, -0.05) is 38.1 Å². The lowest BCUT2D eigenvalue weighted by Gasteiger charge is -2.23. The van der Waals surface area contributed by atoms with Crippen molar-refractivity contribution in [2.45, 2.75) is 46.4 Å². The molecule has 1 unspecified atom stereocenters. The van der Waals surface area contributed by atoms with Crippen molar-refractivity contribution >= 4 is 29.9 Å². The van der Waals surface area contributed by atoms with Gasteiger partial charge in [-0.05, 0) is 50.2 Å². The average Bonchev–Trinajstić information content (AvgIpc) is 3.25. The number of guanidine groups is 1. The molecule has 2 rings (SSSR count). The van der Waals surface area contributed by atoms with Crippen LogP contribution < -0.4 is 10.6 Å².